The van der Waals surface area contributed by atoms with E-state index in [1.54, 1.807) is 30.3 Å². The molecule has 0 aliphatic heterocycles. The van der Waals surface area contributed by atoms with Crippen LogP contribution < -0.4 is 4.52 Å². The van der Waals surface area contributed by atoms with Crippen LogP contribution in [0.15, 0.2) is 30.3 Å². The first-order valence-corrected chi connectivity index (χ1v) is 7.43. The van der Waals surface area contributed by atoms with Crippen LogP contribution in [0.2, 0.25) is 0 Å². The predicted octanol–water partition coefficient (Wildman–Crippen LogP) is 2.04. The van der Waals surface area contributed by atoms with Gasteiger partial charge in [0.05, 0.1) is 7.11 Å². The quantitative estimate of drug-likeness (QED) is 0.452. The lowest BCUT2D eigenvalue weighted by molar-refractivity contribution is -0.153. The van der Waals surface area contributed by atoms with E-state index in [1.807, 2.05) is 0 Å². The van der Waals surface area contributed by atoms with Gasteiger partial charge in [-0.1, -0.05) is 18.2 Å². The van der Waals surface area contributed by atoms with Gasteiger partial charge in [-0.2, -0.15) is 0 Å². The summed E-state index contributed by atoms with van der Waals surface area (Å²) in [5.74, 6) is -1.20. The van der Waals surface area contributed by atoms with Gasteiger partial charge in [0.2, 0.25) is 6.10 Å². The number of methoxy groups -OCH3 is 1. The van der Waals surface area contributed by atoms with Gasteiger partial charge in [-0.3, -0.25) is 9.32 Å². The second-order valence-electron chi connectivity index (χ2n) is 3.79. The molecule has 1 aromatic rings. The minimum Gasteiger partial charge on any atom is -0.467 e. The SMILES string of the molecule is COC(=O)C(OP(C)(=O)Oc1ccccc1)C(C)=O. The van der Waals surface area contributed by atoms with Crippen molar-refractivity contribution < 1.29 is 27.9 Å². The molecule has 2 atom stereocenters. The summed E-state index contributed by atoms with van der Waals surface area (Å²) in [7, 11) is -2.50. The number of para-hydroxylation sites is 1. The molecule has 0 aromatic heterocycles. The van der Waals surface area contributed by atoms with Crippen LogP contribution in [0.25, 0.3) is 0 Å². The Morgan fingerprint density at radius 2 is 1.79 bits per heavy atom. The minimum atomic E-state index is -3.61. The van der Waals surface area contributed by atoms with E-state index in [4.69, 9.17) is 9.05 Å². The highest BCUT2D eigenvalue weighted by Gasteiger charge is 2.33. The molecule has 0 aliphatic rings. The van der Waals surface area contributed by atoms with E-state index in [0.29, 0.717) is 5.75 Å². The first kappa shape index (κ1) is 15.4. The van der Waals surface area contributed by atoms with Gasteiger partial charge < -0.3 is 9.26 Å². The van der Waals surface area contributed by atoms with E-state index in [-0.39, 0.29) is 0 Å². The van der Waals surface area contributed by atoms with Crippen molar-refractivity contribution in [3.05, 3.63) is 30.3 Å². The van der Waals surface area contributed by atoms with Crippen LogP contribution >= 0.6 is 7.60 Å². The Hall–Kier alpha value is -1.65. The maximum absolute atomic E-state index is 12.1. The number of ether oxygens (including phenoxy) is 1. The smallest absolute Gasteiger partial charge is 0.377 e. The average Bonchev–Trinajstić information content (AvgIpc) is 2.35. The van der Waals surface area contributed by atoms with E-state index in [1.165, 1.54) is 6.66 Å². The lowest BCUT2D eigenvalue weighted by atomic mass is 10.3. The Morgan fingerprint density at radius 1 is 1.21 bits per heavy atom. The van der Waals surface area contributed by atoms with E-state index in [2.05, 4.69) is 4.74 Å². The van der Waals surface area contributed by atoms with Gasteiger partial charge >= 0.3 is 13.6 Å². The molecule has 0 aliphatic carbocycles. The molecule has 0 radical (unpaired) electrons. The van der Waals surface area contributed by atoms with E-state index in [9.17, 15) is 14.2 Å². The fraction of sp³-hybridized carbons (Fsp3) is 0.333. The molecule has 0 amide bonds. The number of hydrogen-bond acceptors (Lipinski definition) is 6. The first-order chi connectivity index (χ1) is 8.85. The number of carbonyl (C=O) groups is 2. The molecule has 0 saturated heterocycles. The van der Waals surface area contributed by atoms with Crippen molar-refractivity contribution in [3.63, 3.8) is 0 Å². The average molecular weight is 286 g/mol. The first-order valence-electron chi connectivity index (χ1n) is 5.44. The molecule has 0 bridgehead atoms. The summed E-state index contributed by atoms with van der Waals surface area (Å²) < 4.78 is 26.6. The molecule has 6 nitrogen and oxygen atoms in total. The van der Waals surface area contributed by atoms with Crippen molar-refractivity contribution in [2.45, 2.75) is 13.0 Å². The number of esters is 1. The third-order valence-corrected chi connectivity index (χ3v) is 3.23. The molecule has 0 spiro atoms. The van der Waals surface area contributed by atoms with Crippen molar-refractivity contribution in [1.29, 1.82) is 0 Å². The molecule has 0 N–H and O–H groups in total. The number of ketones is 1. The highest BCUT2D eigenvalue weighted by molar-refractivity contribution is 7.53. The summed E-state index contributed by atoms with van der Waals surface area (Å²) >= 11 is 0. The zero-order valence-corrected chi connectivity index (χ0v) is 11.8. The summed E-state index contributed by atoms with van der Waals surface area (Å²) in [5, 5.41) is 0. The number of benzene rings is 1. The van der Waals surface area contributed by atoms with Crippen molar-refractivity contribution in [1.82, 2.24) is 0 Å². The molecule has 0 saturated carbocycles. The third kappa shape index (κ3) is 4.85. The number of rotatable bonds is 6. The fourth-order valence-electron chi connectivity index (χ4n) is 1.28. The standard InChI is InChI=1S/C12H15O6P/c1-9(13)11(12(14)16-2)18-19(3,15)17-10-7-5-4-6-8-10/h4-8,11H,1-3H3. The van der Waals surface area contributed by atoms with Crippen LogP contribution in [0.3, 0.4) is 0 Å². The van der Waals surface area contributed by atoms with Gasteiger partial charge in [-0.05, 0) is 19.1 Å². The van der Waals surface area contributed by atoms with Crippen LogP contribution in [-0.2, 0) is 23.4 Å². The normalized spacial score (nSPS) is 15.1. The Kier molecular flexibility index (Phi) is 5.27. The lowest BCUT2D eigenvalue weighted by Gasteiger charge is -2.19. The summed E-state index contributed by atoms with van der Waals surface area (Å²) in [6.45, 7) is 2.32. The minimum absolute atomic E-state index is 0.320. The van der Waals surface area contributed by atoms with E-state index < -0.39 is 25.5 Å². The summed E-state index contributed by atoms with van der Waals surface area (Å²) in [4.78, 5) is 22.6. The summed E-state index contributed by atoms with van der Waals surface area (Å²) in [6, 6.07) is 8.32. The second-order valence-corrected chi connectivity index (χ2v) is 5.73. The highest BCUT2D eigenvalue weighted by Crippen LogP contribution is 2.45. The fourth-order valence-corrected chi connectivity index (χ4v) is 2.44. The molecule has 0 fully saturated rings. The zero-order valence-electron chi connectivity index (χ0n) is 10.9. The molecular weight excluding hydrogens is 271 g/mol. The maximum atomic E-state index is 12.1. The molecule has 7 heteroatoms. The van der Waals surface area contributed by atoms with Crippen LogP contribution in [0.5, 0.6) is 5.75 Å². The van der Waals surface area contributed by atoms with Gasteiger partial charge in [-0.25, -0.2) is 9.36 Å². The molecule has 0 heterocycles. The van der Waals surface area contributed by atoms with Crippen molar-refractivity contribution in [2.75, 3.05) is 13.8 Å². The van der Waals surface area contributed by atoms with Gasteiger partial charge in [-0.15, -0.1) is 0 Å². The molecule has 19 heavy (non-hydrogen) atoms. The topological polar surface area (TPSA) is 78.9 Å². The van der Waals surface area contributed by atoms with Gasteiger partial charge in [0.1, 0.15) is 5.75 Å². The highest BCUT2D eigenvalue weighted by atomic mass is 31.2. The van der Waals surface area contributed by atoms with Crippen molar-refractivity contribution in [3.8, 4) is 5.75 Å². The number of hydrogen-bond donors (Lipinski definition) is 0. The van der Waals surface area contributed by atoms with E-state index in [0.717, 1.165) is 14.0 Å². The van der Waals surface area contributed by atoms with Crippen LogP contribution in [0.4, 0.5) is 0 Å². The Morgan fingerprint density at radius 3 is 2.26 bits per heavy atom. The summed E-state index contributed by atoms with van der Waals surface area (Å²) in [6.07, 6.45) is -1.55. The van der Waals surface area contributed by atoms with Crippen LogP contribution in [-0.4, -0.2) is 31.6 Å². The molecule has 1 rings (SSSR count). The molecule has 2 unspecified atom stereocenters. The van der Waals surface area contributed by atoms with Gasteiger partial charge in [0, 0.05) is 6.66 Å². The van der Waals surface area contributed by atoms with E-state index >= 15 is 0 Å². The maximum Gasteiger partial charge on any atom is 0.377 e. The largest absolute Gasteiger partial charge is 0.467 e. The zero-order chi connectivity index (χ0) is 14.5. The number of carbonyl (C=O) groups excluding carboxylic acids is 2. The summed E-state index contributed by atoms with van der Waals surface area (Å²) in [5.41, 5.74) is 0. The Balaban J connectivity index is 2.80. The van der Waals surface area contributed by atoms with Crippen LogP contribution in [0, 0.1) is 0 Å². The second kappa shape index (κ2) is 6.50. The lowest BCUT2D eigenvalue weighted by Crippen LogP contribution is -2.31. The molecule has 104 valence electrons. The Labute approximate surface area is 111 Å². The Bertz CT molecular complexity index is 498. The van der Waals surface area contributed by atoms with Gasteiger partial charge in [0.15, 0.2) is 5.78 Å². The monoisotopic (exact) mass is 286 g/mol. The number of Topliss-reactive ketones (excluding diaryl/α,β-unsaturated/α-hetero) is 1. The third-order valence-electron chi connectivity index (χ3n) is 2.10. The molecular formula is C12H15O6P. The predicted molar refractivity (Wildman–Crippen MR) is 68.2 cm³/mol. The van der Waals surface area contributed by atoms with Gasteiger partial charge in [0.25, 0.3) is 0 Å². The van der Waals surface area contributed by atoms with Crippen LogP contribution in [0.1, 0.15) is 6.92 Å². The molecule has 1 aromatic carbocycles. The van der Waals surface area contributed by atoms with Crippen molar-refractivity contribution in [2.24, 2.45) is 0 Å². The van der Waals surface area contributed by atoms with Crippen molar-refractivity contribution >= 4 is 19.3 Å².